The van der Waals surface area contributed by atoms with Gasteiger partial charge in [-0.2, -0.15) is 4.72 Å². The van der Waals surface area contributed by atoms with E-state index in [4.69, 9.17) is 4.74 Å². The number of rotatable bonds is 11. The number of sulfonamides is 1. The molecule has 1 atom stereocenters. The molecule has 0 saturated heterocycles. The van der Waals surface area contributed by atoms with E-state index in [0.717, 1.165) is 11.6 Å². The van der Waals surface area contributed by atoms with Gasteiger partial charge in [0, 0.05) is 36.4 Å². The fourth-order valence-electron chi connectivity index (χ4n) is 3.78. The number of nitrogens with zero attached hydrogens (tertiary/aromatic N) is 1. The first-order valence-corrected chi connectivity index (χ1v) is 13.8. The predicted molar refractivity (Wildman–Crippen MR) is 148 cm³/mol. The lowest BCUT2D eigenvalue weighted by molar-refractivity contribution is -0.138. The summed E-state index contributed by atoms with van der Waals surface area (Å²) >= 11 is 0. The number of carbonyl (C=O) groups excluding carboxylic acids is 2. The molecule has 2 heterocycles. The number of fused-ring (bicyclic) bond motifs is 1. The zero-order chi connectivity index (χ0) is 29.4. The zero-order valence-electron chi connectivity index (χ0n) is 21.5. The van der Waals surface area contributed by atoms with E-state index in [1.807, 2.05) is 30.3 Å². The summed E-state index contributed by atoms with van der Waals surface area (Å²) in [6, 6.07) is 20.5. The summed E-state index contributed by atoms with van der Waals surface area (Å²) in [5.41, 5.74) is 1.23. The van der Waals surface area contributed by atoms with Gasteiger partial charge in [0.2, 0.25) is 10.0 Å². The normalized spacial score (nSPS) is 11.9. The SMILES string of the molecule is O=C(NCc1ccc2cc(C(=O)NCC(NS(=O)(=O)c3ccccc3)C(=O)O)cc(=O)n2c1)OCc1ccccc1. The van der Waals surface area contributed by atoms with Gasteiger partial charge in [-0.1, -0.05) is 54.6 Å². The maximum atomic E-state index is 12.7. The molecular weight excluding hydrogens is 552 g/mol. The molecule has 12 nitrogen and oxygen atoms in total. The van der Waals surface area contributed by atoms with Crippen molar-refractivity contribution >= 4 is 33.5 Å². The van der Waals surface area contributed by atoms with Crippen LogP contribution in [0.3, 0.4) is 0 Å². The van der Waals surface area contributed by atoms with Crippen molar-refractivity contribution in [2.45, 2.75) is 24.1 Å². The number of pyridine rings is 2. The minimum Gasteiger partial charge on any atom is -0.480 e. The third-order valence-electron chi connectivity index (χ3n) is 5.89. The third kappa shape index (κ3) is 7.77. The van der Waals surface area contributed by atoms with E-state index in [1.165, 1.54) is 40.9 Å². The van der Waals surface area contributed by atoms with Crippen molar-refractivity contribution in [3.05, 3.63) is 118 Å². The highest BCUT2D eigenvalue weighted by Gasteiger charge is 2.26. The molecule has 4 rings (SSSR count). The number of ether oxygens (including phenoxy) is 1. The Morgan fingerprint density at radius 1 is 0.878 bits per heavy atom. The van der Waals surface area contributed by atoms with Crippen LogP contribution < -0.4 is 20.9 Å². The monoisotopic (exact) mass is 578 g/mol. The van der Waals surface area contributed by atoms with Crippen LogP contribution in [0.25, 0.3) is 5.52 Å². The molecule has 1 unspecified atom stereocenters. The van der Waals surface area contributed by atoms with E-state index in [0.29, 0.717) is 11.1 Å². The lowest BCUT2D eigenvalue weighted by Gasteiger charge is -2.16. The van der Waals surface area contributed by atoms with Crippen LogP contribution in [0, 0.1) is 0 Å². The van der Waals surface area contributed by atoms with Crippen molar-refractivity contribution in [1.82, 2.24) is 19.8 Å². The van der Waals surface area contributed by atoms with Crippen LogP contribution in [0.15, 0.2) is 101 Å². The van der Waals surface area contributed by atoms with E-state index >= 15 is 0 Å². The summed E-state index contributed by atoms with van der Waals surface area (Å²) in [5.74, 6) is -2.25. The molecule has 0 saturated carbocycles. The summed E-state index contributed by atoms with van der Waals surface area (Å²) in [6.07, 6.45) is 0.884. The molecule has 13 heteroatoms. The Balaban J connectivity index is 1.37. The van der Waals surface area contributed by atoms with Crippen LogP contribution in [0.4, 0.5) is 4.79 Å². The average molecular weight is 579 g/mol. The minimum atomic E-state index is -4.15. The molecule has 4 aromatic rings. The van der Waals surface area contributed by atoms with E-state index < -0.39 is 46.1 Å². The van der Waals surface area contributed by atoms with Gasteiger partial charge in [-0.3, -0.25) is 18.8 Å². The highest BCUT2D eigenvalue weighted by atomic mass is 32.2. The Labute approximate surface area is 234 Å². The smallest absolute Gasteiger partial charge is 0.407 e. The summed E-state index contributed by atoms with van der Waals surface area (Å²) in [7, 11) is -4.15. The summed E-state index contributed by atoms with van der Waals surface area (Å²) < 4.78 is 33.5. The second-order valence-corrected chi connectivity index (χ2v) is 10.6. The summed E-state index contributed by atoms with van der Waals surface area (Å²) in [6.45, 7) is -0.362. The fraction of sp³-hybridized carbons (Fsp3) is 0.143. The first-order valence-electron chi connectivity index (χ1n) is 12.3. The van der Waals surface area contributed by atoms with Crippen molar-refractivity contribution in [2.75, 3.05) is 6.54 Å². The molecule has 2 amide bonds. The number of hydrogen-bond donors (Lipinski definition) is 4. The highest BCUT2D eigenvalue weighted by molar-refractivity contribution is 7.89. The second kappa shape index (κ2) is 12.9. The van der Waals surface area contributed by atoms with Crippen molar-refractivity contribution in [1.29, 1.82) is 0 Å². The molecule has 41 heavy (non-hydrogen) atoms. The van der Waals surface area contributed by atoms with Gasteiger partial charge in [0.05, 0.1) is 4.90 Å². The number of aromatic nitrogens is 1. The van der Waals surface area contributed by atoms with Gasteiger partial charge >= 0.3 is 12.1 Å². The lowest BCUT2D eigenvalue weighted by atomic mass is 10.2. The lowest BCUT2D eigenvalue weighted by Crippen LogP contribution is -2.48. The van der Waals surface area contributed by atoms with Gasteiger partial charge in [-0.25, -0.2) is 13.2 Å². The number of alkyl carbamates (subject to hydrolysis) is 1. The van der Waals surface area contributed by atoms with Gasteiger partial charge < -0.3 is 20.5 Å². The molecular formula is C28H26N4O8S. The number of amides is 2. The Morgan fingerprint density at radius 3 is 2.24 bits per heavy atom. The molecule has 4 N–H and O–H groups in total. The largest absolute Gasteiger partial charge is 0.480 e. The molecule has 0 spiro atoms. The number of carbonyl (C=O) groups is 3. The zero-order valence-corrected chi connectivity index (χ0v) is 22.3. The number of carboxylic acid groups (broad SMARTS) is 1. The van der Waals surface area contributed by atoms with Gasteiger partial charge in [-0.05, 0) is 35.4 Å². The summed E-state index contributed by atoms with van der Waals surface area (Å²) in [4.78, 5) is 49.0. The Bertz CT molecular complexity index is 1720. The Kier molecular flexibility index (Phi) is 9.12. The van der Waals surface area contributed by atoms with Crippen molar-refractivity contribution < 1.29 is 32.6 Å². The molecule has 2 aromatic carbocycles. The van der Waals surface area contributed by atoms with Gasteiger partial charge in [0.15, 0.2) is 0 Å². The van der Waals surface area contributed by atoms with Crippen LogP contribution in [0.2, 0.25) is 0 Å². The molecule has 212 valence electrons. The third-order valence-corrected chi connectivity index (χ3v) is 7.38. The molecule has 0 fully saturated rings. The van der Waals surface area contributed by atoms with Crippen LogP contribution in [0.1, 0.15) is 21.5 Å². The molecule has 0 bridgehead atoms. The molecule has 0 radical (unpaired) electrons. The van der Waals surface area contributed by atoms with Crippen molar-refractivity contribution in [2.24, 2.45) is 0 Å². The summed E-state index contributed by atoms with van der Waals surface area (Å²) in [5, 5.41) is 14.4. The Morgan fingerprint density at radius 2 is 1.56 bits per heavy atom. The molecule has 0 aliphatic heterocycles. The molecule has 0 aliphatic rings. The van der Waals surface area contributed by atoms with Gasteiger partial charge in [-0.15, -0.1) is 0 Å². The first-order chi connectivity index (χ1) is 19.6. The van der Waals surface area contributed by atoms with Crippen LogP contribution in [0.5, 0.6) is 0 Å². The van der Waals surface area contributed by atoms with E-state index in [9.17, 15) is 32.7 Å². The number of hydrogen-bond acceptors (Lipinski definition) is 7. The number of benzene rings is 2. The Hall–Kier alpha value is -5.01. The van der Waals surface area contributed by atoms with Gasteiger partial charge in [0.25, 0.3) is 11.5 Å². The van der Waals surface area contributed by atoms with Crippen LogP contribution in [-0.4, -0.2) is 48.5 Å². The predicted octanol–water partition coefficient (Wildman–Crippen LogP) is 1.89. The van der Waals surface area contributed by atoms with E-state index in [-0.39, 0.29) is 23.6 Å². The van der Waals surface area contributed by atoms with Crippen molar-refractivity contribution in [3.63, 3.8) is 0 Å². The van der Waals surface area contributed by atoms with Crippen LogP contribution in [-0.2, 0) is 32.7 Å². The second-order valence-electron chi connectivity index (χ2n) is 8.86. The maximum absolute atomic E-state index is 12.7. The van der Waals surface area contributed by atoms with E-state index in [2.05, 4.69) is 15.4 Å². The quantitative estimate of drug-likeness (QED) is 0.209. The topological polar surface area (TPSA) is 172 Å². The molecule has 2 aromatic heterocycles. The average Bonchev–Trinajstić information content (AvgIpc) is 2.97. The number of nitrogens with one attached hydrogen (secondary N) is 3. The van der Waals surface area contributed by atoms with Crippen molar-refractivity contribution in [3.8, 4) is 0 Å². The van der Waals surface area contributed by atoms with Gasteiger partial charge in [0.1, 0.15) is 12.6 Å². The molecule has 0 aliphatic carbocycles. The van der Waals surface area contributed by atoms with Crippen LogP contribution >= 0.6 is 0 Å². The number of aliphatic carboxylic acids is 1. The number of carboxylic acids is 1. The maximum Gasteiger partial charge on any atom is 0.407 e. The standard InChI is InChI=1S/C28H26N4O8S/c33-25-14-21(26(34)29-16-24(27(35)36)31-41(38,39)23-9-5-2-6-10-23)13-22-12-11-20(17-32(22)25)15-30-28(37)40-18-19-7-3-1-4-8-19/h1-14,17,24,31H,15-16,18H2,(H,29,34)(H,30,37)(H,35,36). The fourth-order valence-corrected chi connectivity index (χ4v) is 4.99. The van der Waals surface area contributed by atoms with E-state index in [1.54, 1.807) is 18.2 Å². The minimum absolute atomic E-state index is 0.0413. The first kappa shape index (κ1) is 29.0. The highest BCUT2D eigenvalue weighted by Crippen LogP contribution is 2.10.